The van der Waals surface area contributed by atoms with Crippen molar-refractivity contribution in [3.8, 4) is 23.8 Å². The molecule has 0 aliphatic carbocycles. The number of rotatable bonds is 7. The Balaban J connectivity index is 1.86. The average Bonchev–Trinajstić information content (AvgIpc) is 2.98. The number of terminal acetylenes is 1. The molecule has 0 aromatic heterocycles. The highest BCUT2D eigenvalue weighted by Crippen LogP contribution is 2.38. The Morgan fingerprint density at radius 3 is 2.57 bits per heavy atom. The van der Waals surface area contributed by atoms with Gasteiger partial charge in [-0.3, -0.25) is 14.5 Å². The quantitative estimate of drug-likeness (QED) is 0.353. The molecule has 3 rings (SSSR count). The minimum atomic E-state index is -0.350. The van der Waals surface area contributed by atoms with E-state index in [4.69, 9.17) is 27.5 Å². The molecule has 1 heterocycles. The first kappa shape index (κ1) is 22.3. The number of halogens is 2. The molecule has 0 bridgehead atoms. The van der Waals surface area contributed by atoms with Gasteiger partial charge in [-0.15, -0.1) is 6.42 Å². The van der Waals surface area contributed by atoms with Gasteiger partial charge in [-0.25, -0.2) is 0 Å². The van der Waals surface area contributed by atoms with Crippen LogP contribution in [0, 0.1) is 12.3 Å². The van der Waals surface area contributed by atoms with Crippen LogP contribution in [0.3, 0.4) is 0 Å². The Kier molecular flexibility index (Phi) is 7.48. The van der Waals surface area contributed by atoms with Crippen LogP contribution in [0.25, 0.3) is 6.08 Å². The Bertz CT molecular complexity index is 1050. The predicted molar refractivity (Wildman–Crippen MR) is 123 cm³/mol. The highest BCUT2D eigenvalue weighted by atomic mass is 79.9. The summed E-state index contributed by atoms with van der Waals surface area (Å²) in [6.07, 6.45) is 6.92. The molecule has 0 radical (unpaired) electrons. The van der Waals surface area contributed by atoms with Crippen LogP contribution in [0.5, 0.6) is 11.5 Å². The fourth-order valence-corrected chi connectivity index (χ4v) is 4.10. The minimum absolute atomic E-state index is 0.107. The lowest BCUT2D eigenvalue weighted by atomic mass is 10.1. The molecular formula is C22H17BrClNO4S. The van der Waals surface area contributed by atoms with Crippen molar-refractivity contribution >= 4 is 56.5 Å². The number of benzene rings is 2. The number of carbonyl (C=O) groups is 2. The molecule has 1 fully saturated rings. The Morgan fingerprint density at radius 2 is 1.90 bits per heavy atom. The largest absolute Gasteiger partial charge is 0.490 e. The Morgan fingerprint density at radius 1 is 1.20 bits per heavy atom. The highest BCUT2D eigenvalue weighted by molar-refractivity contribution is 9.10. The van der Waals surface area contributed by atoms with Crippen molar-refractivity contribution in [2.75, 3.05) is 13.2 Å². The molecule has 1 aliphatic heterocycles. The van der Waals surface area contributed by atoms with Gasteiger partial charge in [0.1, 0.15) is 6.61 Å². The molecule has 2 aromatic carbocycles. The van der Waals surface area contributed by atoms with E-state index in [-0.39, 0.29) is 24.3 Å². The average molecular weight is 507 g/mol. The van der Waals surface area contributed by atoms with E-state index in [2.05, 4.69) is 21.9 Å². The van der Waals surface area contributed by atoms with Crippen LogP contribution in [0.4, 0.5) is 4.79 Å². The minimum Gasteiger partial charge on any atom is -0.490 e. The zero-order valence-corrected chi connectivity index (χ0v) is 19.1. The fourth-order valence-electron chi connectivity index (χ4n) is 2.71. The van der Waals surface area contributed by atoms with Crippen LogP contribution >= 0.6 is 39.3 Å². The summed E-state index contributed by atoms with van der Waals surface area (Å²) >= 11 is 10.3. The molecule has 1 saturated heterocycles. The van der Waals surface area contributed by atoms with Crippen molar-refractivity contribution in [1.82, 2.24) is 4.90 Å². The maximum Gasteiger partial charge on any atom is 0.293 e. The lowest BCUT2D eigenvalue weighted by Crippen LogP contribution is -2.27. The Hall–Kier alpha value is -2.40. The van der Waals surface area contributed by atoms with E-state index < -0.39 is 0 Å². The van der Waals surface area contributed by atoms with Gasteiger partial charge in [0.25, 0.3) is 11.1 Å². The molecule has 8 heteroatoms. The molecule has 2 aromatic rings. The van der Waals surface area contributed by atoms with Crippen molar-refractivity contribution < 1.29 is 19.1 Å². The summed E-state index contributed by atoms with van der Waals surface area (Å²) in [4.78, 5) is 26.8. The molecule has 0 N–H and O–H groups in total. The fraction of sp³-hybridized carbons (Fsp3) is 0.182. The SMILES string of the molecule is C#CCOc1cc(Br)c(/C=C2\SC(=O)N(Cc3ccc(Cl)cc3)C2=O)cc1OCC. The summed E-state index contributed by atoms with van der Waals surface area (Å²) in [5.41, 5.74) is 1.50. The summed E-state index contributed by atoms with van der Waals surface area (Å²) in [5, 5.41) is 0.272. The molecule has 0 unspecified atom stereocenters. The number of hydrogen-bond acceptors (Lipinski definition) is 5. The van der Waals surface area contributed by atoms with Gasteiger partial charge in [-0.05, 0) is 60.2 Å². The molecule has 154 valence electrons. The number of hydrogen-bond donors (Lipinski definition) is 0. The van der Waals surface area contributed by atoms with E-state index in [0.717, 1.165) is 17.3 Å². The monoisotopic (exact) mass is 505 g/mol. The first-order valence-electron chi connectivity index (χ1n) is 8.95. The maximum atomic E-state index is 12.8. The third-order valence-corrected chi connectivity index (χ3v) is 5.93. The first-order valence-corrected chi connectivity index (χ1v) is 10.9. The van der Waals surface area contributed by atoms with Crippen LogP contribution in [0.1, 0.15) is 18.1 Å². The van der Waals surface area contributed by atoms with Gasteiger partial charge in [-0.1, -0.05) is 45.6 Å². The second-order valence-corrected chi connectivity index (χ2v) is 8.42. The van der Waals surface area contributed by atoms with Gasteiger partial charge in [0.2, 0.25) is 0 Å². The molecule has 0 atom stereocenters. The van der Waals surface area contributed by atoms with Crippen LogP contribution in [-0.4, -0.2) is 29.3 Å². The summed E-state index contributed by atoms with van der Waals surface area (Å²) in [7, 11) is 0. The van der Waals surface area contributed by atoms with E-state index in [1.807, 2.05) is 6.92 Å². The summed E-state index contributed by atoms with van der Waals surface area (Å²) < 4.78 is 11.8. The maximum absolute atomic E-state index is 12.8. The van der Waals surface area contributed by atoms with E-state index in [9.17, 15) is 9.59 Å². The molecule has 0 spiro atoms. The second-order valence-electron chi connectivity index (χ2n) is 6.14. The third kappa shape index (κ3) is 5.20. The van der Waals surface area contributed by atoms with Crippen molar-refractivity contribution in [2.24, 2.45) is 0 Å². The summed E-state index contributed by atoms with van der Waals surface area (Å²) in [6.45, 7) is 2.58. The smallest absolute Gasteiger partial charge is 0.293 e. The molecular weight excluding hydrogens is 490 g/mol. The van der Waals surface area contributed by atoms with Crippen molar-refractivity contribution in [1.29, 1.82) is 0 Å². The topological polar surface area (TPSA) is 55.8 Å². The third-order valence-electron chi connectivity index (χ3n) is 4.09. The van der Waals surface area contributed by atoms with Gasteiger partial charge < -0.3 is 9.47 Å². The highest BCUT2D eigenvalue weighted by Gasteiger charge is 2.35. The van der Waals surface area contributed by atoms with Crippen LogP contribution < -0.4 is 9.47 Å². The Labute approximate surface area is 192 Å². The lowest BCUT2D eigenvalue weighted by molar-refractivity contribution is -0.123. The van der Waals surface area contributed by atoms with E-state index >= 15 is 0 Å². The molecule has 2 amide bonds. The van der Waals surface area contributed by atoms with Gasteiger partial charge in [-0.2, -0.15) is 0 Å². The van der Waals surface area contributed by atoms with Gasteiger partial charge in [0, 0.05) is 9.50 Å². The zero-order valence-electron chi connectivity index (χ0n) is 16.0. The zero-order chi connectivity index (χ0) is 21.7. The second kappa shape index (κ2) is 10.1. The molecule has 30 heavy (non-hydrogen) atoms. The summed E-state index contributed by atoms with van der Waals surface area (Å²) in [5.74, 6) is 3.06. The first-order chi connectivity index (χ1) is 14.4. The molecule has 5 nitrogen and oxygen atoms in total. The van der Waals surface area contributed by atoms with Crippen LogP contribution in [0.2, 0.25) is 5.02 Å². The molecule has 0 saturated carbocycles. The van der Waals surface area contributed by atoms with E-state index in [1.165, 1.54) is 4.90 Å². The number of imide groups is 1. The van der Waals surface area contributed by atoms with Gasteiger partial charge in [0.15, 0.2) is 11.5 Å². The number of nitrogens with zero attached hydrogens (tertiary/aromatic N) is 1. The number of amides is 2. The number of ether oxygens (including phenoxy) is 2. The number of carbonyl (C=O) groups excluding carboxylic acids is 2. The van der Waals surface area contributed by atoms with Crippen molar-refractivity contribution in [3.05, 3.63) is 61.9 Å². The summed E-state index contributed by atoms with van der Waals surface area (Å²) in [6, 6.07) is 10.5. The normalized spacial score (nSPS) is 14.9. The van der Waals surface area contributed by atoms with Crippen molar-refractivity contribution in [3.63, 3.8) is 0 Å². The van der Waals surface area contributed by atoms with Crippen LogP contribution in [0.15, 0.2) is 45.8 Å². The van der Waals surface area contributed by atoms with Gasteiger partial charge >= 0.3 is 0 Å². The molecule has 1 aliphatic rings. The lowest BCUT2D eigenvalue weighted by Gasteiger charge is -2.13. The number of thioether (sulfide) groups is 1. The standard InChI is InChI=1S/C22H17BrClNO4S/c1-3-9-29-19-12-17(23)15(10-18(19)28-4-2)11-20-21(26)25(22(27)30-20)13-14-5-7-16(24)8-6-14/h1,5-8,10-12H,4,9,13H2,2H3/b20-11-. The predicted octanol–water partition coefficient (Wildman–Crippen LogP) is 5.75. The van der Waals surface area contributed by atoms with E-state index in [1.54, 1.807) is 42.5 Å². The van der Waals surface area contributed by atoms with Crippen LogP contribution in [-0.2, 0) is 11.3 Å². The van der Waals surface area contributed by atoms with Crippen molar-refractivity contribution in [2.45, 2.75) is 13.5 Å². The van der Waals surface area contributed by atoms with E-state index in [0.29, 0.717) is 38.1 Å². The van der Waals surface area contributed by atoms with Gasteiger partial charge in [0.05, 0.1) is 18.1 Å².